The summed E-state index contributed by atoms with van der Waals surface area (Å²) in [6.07, 6.45) is 9.84. The molecule has 19 heavy (non-hydrogen) atoms. The fourth-order valence-electron chi connectivity index (χ4n) is 2.73. The Bertz CT molecular complexity index is 358. The maximum atomic E-state index is 4.78. The molecule has 1 aliphatic rings. The first-order valence-corrected chi connectivity index (χ1v) is 8.78. The molecule has 0 aliphatic heterocycles. The zero-order valence-electron chi connectivity index (χ0n) is 12.3. The average Bonchev–Trinajstić information content (AvgIpc) is 3.08. The van der Waals surface area contributed by atoms with Crippen LogP contribution in [0, 0.1) is 0 Å². The van der Waals surface area contributed by atoms with E-state index in [9.17, 15) is 0 Å². The lowest BCUT2D eigenvalue weighted by atomic mass is 10.2. The summed E-state index contributed by atoms with van der Waals surface area (Å²) in [7, 11) is 2.06. The van der Waals surface area contributed by atoms with Gasteiger partial charge in [-0.05, 0) is 38.1 Å². The van der Waals surface area contributed by atoms with Crippen LogP contribution < -0.4 is 5.32 Å². The van der Waals surface area contributed by atoms with Crippen molar-refractivity contribution in [1.29, 1.82) is 0 Å². The minimum absolute atomic E-state index is 0.545. The molecule has 0 saturated heterocycles. The van der Waals surface area contributed by atoms with E-state index in [1.54, 1.807) is 0 Å². The highest BCUT2D eigenvalue weighted by atomic mass is 32.2. The zero-order chi connectivity index (χ0) is 13.5. The molecule has 1 heterocycles. The van der Waals surface area contributed by atoms with E-state index >= 15 is 0 Å². The maximum Gasteiger partial charge on any atom is 0.0640 e. The predicted molar refractivity (Wildman–Crippen MR) is 83.9 cm³/mol. The Balaban J connectivity index is 1.83. The second kappa shape index (κ2) is 7.95. The lowest BCUT2D eigenvalue weighted by molar-refractivity contribution is 0.460. The Morgan fingerprint density at radius 3 is 2.95 bits per heavy atom. The number of aromatic nitrogens is 2. The van der Waals surface area contributed by atoms with E-state index in [2.05, 4.69) is 36.2 Å². The van der Waals surface area contributed by atoms with Gasteiger partial charge in [0.1, 0.15) is 0 Å². The van der Waals surface area contributed by atoms with Gasteiger partial charge >= 0.3 is 0 Å². The molecule has 1 fully saturated rings. The highest BCUT2D eigenvalue weighted by Crippen LogP contribution is 2.28. The van der Waals surface area contributed by atoms with Crippen LogP contribution in [0.25, 0.3) is 0 Å². The molecule has 1 aromatic rings. The molecule has 1 aromatic heterocycles. The van der Waals surface area contributed by atoms with Crippen LogP contribution in [0.1, 0.15) is 50.8 Å². The number of nitrogens with one attached hydrogen (secondary N) is 1. The lowest BCUT2D eigenvalue weighted by Gasteiger charge is -2.14. The molecule has 0 radical (unpaired) electrons. The molecular formula is C15H27N3S. The van der Waals surface area contributed by atoms with Gasteiger partial charge in [0.15, 0.2) is 0 Å². The van der Waals surface area contributed by atoms with Crippen LogP contribution in [0.15, 0.2) is 12.3 Å². The Morgan fingerprint density at radius 2 is 2.26 bits per heavy atom. The molecule has 0 aromatic carbocycles. The largest absolute Gasteiger partial charge is 0.316 e. The molecule has 1 atom stereocenters. The normalized spacial score (nSPS) is 18.0. The molecule has 1 saturated carbocycles. The number of hydrogen-bond acceptors (Lipinski definition) is 3. The van der Waals surface area contributed by atoms with Gasteiger partial charge in [-0.25, -0.2) is 0 Å². The quantitative estimate of drug-likeness (QED) is 0.742. The van der Waals surface area contributed by atoms with E-state index in [0.717, 1.165) is 6.42 Å². The highest BCUT2D eigenvalue weighted by Gasteiger charge is 2.18. The van der Waals surface area contributed by atoms with Crippen molar-refractivity contribution in [3.63, 3.8) is 0 Å². The standard InChI is InChI=1S/C15H27N3S/c1-3-10-19-12-14(16-2)11-13-8-9-18(17-13)15-6-4-5-7-15/h8-9,14-16H,3-7,10-12H2,1-2H3. The van der Waals surface area contributed by atoms with Crippen LogP contribution in [0.3, 0.4) is 0 Å². The Morgan fingerprint density at radius 1 is 1.47 bits per heavy atom. The first-order chi connectivity index (χ1) is 9.33. The zero-order valence-corrected chi connectivity index (χ0v) is 13.1. The van der Waals surface area contributed by atoms with Crippen molar-refractivity contribution in [2.45, 2.75) is 57.5 Å². The Labute approximate surface area is 121 Å². The van der Waals surface area contributed by atoms with Crippen molar-refractivity contribution in [2.24, 2.45) is 0 Å². The summed E-state index contributed by atoms with van der Waals surface area (Å²) in [5.74, 6) is 2.44. The molecule has 4 heteroatoms. The molecule has 0 amide bonds. The van der Waals surface area contributed by atoms with E-state index < -0.39 is 0 Å². The minimum Gasteiger partial charge on any atom is -0.316 e. The second-order valence-corrected chi connectivity index (χ2v) is 6.64. The van der Waals surface area contributed by atoms with E-state index in [1.165, 1.54) is 49.3 Å². The van der Waals surface area contributed by atoms with Crippen molar-refractivity contribution < 1.29 is 0 Å². The van der Waals surface area contributed by atoms with Gasteiger partial charge in [-0.2, -0.15) is 16.9 Å². The highest BCUT2D eigenvalue weighted by molar-refractivity contribution is 7.99. The van der Waals surface area contributed by atoms with Crippen molar-refractivity contribution >= 4 is 11.8 Å². The van der Waals surface area contributed by atoms with E-state index in [-0.39, 0.29) is 0 Å². The molecule has 108 valence electrons. The van der Waals surface area contributed by atoms with Gasteiger partial charge in [-0.3, -0.25) is 4.68 Å². The van der Waals surface area contributed by atoms with Gasteiger partial charge in [0.05, 0.1) is 11.7 Å². The van der Waals surface area contributed by atoms with Crippen molar-refractivity contribution in [3.05, 3.63) is 18.0 Å². The molecule has 0 spiro atoms. The first-order valence-electron chi connectivity index (χ1n) is 7.62. The van der Waals surface area contributed by atoms with Crippen LogP contribution in [-0.4, -0.2) is 34.4 Å². The van der Waals surface area contributed by atoms with Gasteiger partial charge in [0, 0.05) is 24.4 Å². The van der Waals surface area contributed by atoms with Gasteiger partial charge in [0.2, 0.25) is 0 Å². The van der Waals surface area contributed by atoms with Crippen LogP contribution in [0.2, 0.25) is 0 Å². The third-order valence-electron chi connectivity index (χ3n) is 3.89. The molecule has 0 bridgehead atoms. The SMILES string of the molecule is CCCSCC(Cc1ccn(C2CCCC2)n1)NC. The fourth-order valence-corrected chi connectivity index (χ4v) is 3.75. The van der Waals surface area contributed by atoms with Crippen LogP contribution in [-0.2, 0) is 6.42 Å². The molecule has 1 aliphatic carbocycles. The number of likely N-dealkylation sites (N-methyl/N-ethyl adjacent to an activating group) is 1. The predicted octanol–water partition coefficient (Wildman–Crippen LogP) is 3.27. The molecule has 1 N–H and O–H groups in total. The summed E-state index contributed by atoms with van der Waals surface area (Å²) < 4.78 is 2.20. The molecule has 3 nitrogen and oxygen atoms in total. The van der Waals surface area contributed by atoms with Gasteiger partial charge in [-0.1, -0.05) is 19.8 Å². The number of hydrogen-bond donors (Lipinski definition) is 1. The molecule has 2 rings (SSSR count). The van der Waals surface area contributed by atoms with Crippen LogP contribution >= 0.6 is 11.8 Å². The summed E-state index contributed by atoms with van der Waals surface area (Å²) in [5, 5.41) is 8.19. The average molecular weight is 281 g/mol. The van der Waals surface area contributed by atoms with Gasteiger partial charge in [0.25, 0.3) is 0 Å². The van der Waals surface area contributed by atoms with Crippen molar-refractivity contribution in [1.82, 2.24) is 15.1 Å². The number of rotatable bonds is 8. The summed E-state index contributed by atoms with van der Waals surface area (Å²) >= 11 is 2.04. The monoisotopic (exact) mass is 281 g/mol. The van der Waals surface area contributed by atoms with Crippen LogP contribution in [0.5, 0.6) is 0 Å². The lowest BCUT2D eigenvalue weighted by Crippen LogP contribution is -2.30. The number of nitrogens with zero attached hydrogens (tertiary/aromatic N) is 2. The van der Waals surface area contributed by atoms with E-state index in [4.69, 9.17) is 5.10 Å². The fraction of sp³-hybridized carbons (Fsp3) is 0.800. The number of thioether (sulfide) groups is 1. The van der Waals surface area contributed by atoms with E-state index in [1.807, 2.05) is 11.8 Å². The van der Waals surface area contributed by atoms with Crippen LogP contribution in [0.4, 0.5) is 0 Å². The summed E-state index contributed by atoms with van der Waals surface area (Å²) in [6, 6.07) is 3.41. The smallest absolute Gasteiger partial charge is 0.0640 e. The second-order valence-electron chi connectivity index (χ2n) is 5.49. The summed E-state index contributed by atoms with van der Waals surface area (Å²) in [5.41, 5.74) is 1.24. The maximum absolute atomic E-state index is 4.78. The topological polar surface area (TPSA) is 29.9 Å². The van der Waals surface area contributed by atoms with Crippen molar-refractivity contribution in [3.8, 4) is 0 Å². The summed E-state index contributed by atoms with van der Waals surface area (Å²) in [6.45, 7) is 2.24. The minimum atomic E-state index is 0.545. The van der Waals surface area contributed by atoms with Gasteiger partial charge in [-0.15, -0.1) is 0 Å². The van der Waals surface area contributed by atoms with Gasteiger partial charge < -0.3 is 5.32 Å². The molecular weight excluding hydrogens is 254 g/mol. The molecule has 1 unspecified atom stereocenters. The van der Waals surface area contributed by atoms with Crippen molar-refractivity contribution in [2.75, 3.05) is 18.6 Å². The third-order valence-corrected chi connectivity index (χ3v) is 5.23. The summed E-state index contributed by atoms with van der Waals surface area (Å²) in [4.78, 5) is 0. The Hall–Kier alpha value is -0.480. The third kappa shape index (κ3) is 4.53. The Kier molecular flexibility index (Phi) is 6.24. The van der Waals surface area contributed by atoms with E-state index in [0.29, 0.717) is 12.1 Å². The first kappa shape index (κ1) is 14.9.